The van der Waals surface area contributed by atoms with Gasteiger partial charge in [0, 0.05) is 0 Å². The molecular weight excluding hydrogens is 212 g/mol. The van der Waals surface area contributed by atoms with Gasteiger partial charge in [-0.3, -0.25) is 0 Å². The molecule has 6 heteroatoms. The van der Waals surface area contributed by atoms with E-state index in [1.807, 2.05) is 0 Å². The van der Waals surface area contributed by atoms with E-state index in [4.69, 9.17) is 0 Å². The summed E-state index contributed by atoms with van der Waals surface area (Å²) in [5.74, 6) is -6.59. The first-order valence-electron chi connectivity index (χ1n) is 2.89. The monoisotopic (exact) mass is 214 g/mol. The van der Waals surface area contributed by atoms with Crippen LogP contribution in [0, 0.1) is 17.5 Å². The number of halogens is 3. The van der Waals surface area contributed by atoms with Crippen LogP contribution in [0.1, 0.15) is 10.4 Å². The van der Waals surface area contributed by atoms with E-state index in [9.17, 15) is 23.1 Å². The van der Waals surface area contributed by atoms with Gasteiger partial charge in [-0.05, 0) is 12.1 Å². The molecule has 0 bridgehead atoms. The third kappa shape index (κ3) is 2.78. The van der Waals surface area contributed by atoms with Gasteiger partial charge in [0.15, 0.2) is 11.6 Å². The van der Waals surface area contributed by atoms with Crippen molar-refractivity contribution in [2.24, 2.45) is 0 Å². The molecule has 0 aliphatic rings. The maximum absolute atomic E-state index is 12.5. The summed E-state index contributed by atoms with van der Waals surface area (Å²) >= 11 is 0. The Kier molecular flexibility index (Phi) is 5.16. The number of carboxylic acid groups (broad SMARTS) is 1. The molecule has 0 amide bonds. The second kappa shape index (κ2) is 5.11. The van der Waals surface area contributed by atoms with Gasteiger partial charge in [0.25, 0.3) is 0 Å². The largest absolute Gasteiger partial charge is 1.00 e. The predicted octanol–water partition coefficient (Wildman–Crippen LogP) is -2.53. The van der Waals surface area contributed by atoms with Crippen molar-refractivity contribution in [1.29, 1.82) is 0 Å². The Morgan fingerprint density at radius 2 is 1.62 bits per heavy atom. The second-order valence-corrected chi connectivity index (χ2v) is 2.01. The first-order chi connectivity index (χ1) is 5.54. The maximum atomic E-state index is 12.5. The van der Waals surface area contributed by atoms with Crippen molar-refractivity contribution in [3.05, 3.63) is 35.1 Å². The van der Waals surface area contributed by atoms with Crippen LogP contribution in [-0.4, -0.2) is 5.97 Å². The van der Waals surface area contributed by atoms with Gasteiger partial charge >= 0.3 is 51.4 Å². The molecule has 13 heavy (non-hydrogen) atoms. The number of rotatable bonds is 1. The van der Waals surface area contributed by atoms with E-state index in [0.717, 1.165) is 0 Å². The topological polar surface area (TPSA) is 40.1 Å². The summed E-state index contributed by atoms with van der Waals surface area (Å²) in [4.78, 5) is 10.0. The van der Waals surface area contributed by atoms with Crippen molar-refractivity contribution in [2.75, 3.05) is 0 Å². The fourth-order valence-electron chi connectivity index (χ4n) is 0.714. The van der Waals surface area contributed by atoms with Crippen LogP contribution in [0.25, 0.3) is 0 Å². The van der Waals surface area contributed by atoms with Gasteiger partial charge < -0.3 is 9.90 Å². The zero-order valence-electron chi connectivity index (χ0n) is 6.61. The van der Waals surface area contributed by atoms with Crippen molar-refractivity contribution < 1.29 is 74.5 Å². The Morgan fingerprint density at radius 3 is 2.00 bits per heavy atom. The average molecular weight is 214 g/mol. The van der Waals surface area contributed by atoms with E-state index in [1.54, 1.807) is 0 Å². The molecule has 0 saturated carbocycles. The van der Waals surface area contributed by atoms with Crippen molar-refractivity contribution in [2.45, 2.75) is 0 Å². The van der Waals surface area contributed by atoms with Gasteiger partial charge in [0.2, 0.25) is 0 Å². The van der Waals surface area contributed by atoms with Crippen LogP contribution in [0.3, 0.4) is 0 Å². The van der Waals surface area contributed by atoms with Crippen molar-refractivity contribution in [3.8, 4) is 0 Å². The van der Waals surface area contributed by atoms with Crippen LogP contribution in [0.5, 0.6) is 0 Å². The molecule has 1 aromatic carbocycles. The van der Waals surface area contributed by atoms with Crippen LogP contribution >= 0.6 is 0 Å². The van der Waals surface area contributed by atoms with Gasteiger partial charge in [0.1, 0.15) is 5.82 Å². The summed E-state index contributed by atoms with van der Waals surface area (Å²) in [6, 6.07) is 1.01. The minimum Gasteiger partial charge on any atom is -0.545 e. The zero-order valence-corrected chi connectivity index (χ0v) is 9.73. The molecule has 2 nitrogen and oxygen atoms in total. The summed E-state index contributed by atoms with van der Waals surface area (Å²) in [6.45, 7) is 0. The molecule has 0 aliphatic heterocycles. The number of carbonyl (C=O) groups excluding carboxylic acids is 1. The van der Waals surface area contributed by atoms with Gasteiger partial charge in [0.05, 0.1) is 11.5 Å². The molecule has 0 N–H and O–H groups in total. The first-order valence-corrected chi connectivity index (χ1v) is 2.89. The summed E-state index contributed by atoms with van der Waals surface area (Å²) < 4.78 is 37.2. The molecule has 0 atom stereocenters. The first kappa shape index (κ1) is 13.1. The Morgan fingerprint density at radius 1 is 1.15 bits per heavy atom. The zero-order chi connectivity index (χ0) is 9.30. The van der Waals surface area contributed by atoms with Crippen molar-refractivity contribution in [3.63, 3.8) is 0 Å². The predicted molar refractivity (Wildman–Crippen MR) is 30.6 cm³/mol. The Bertz CT molecular complexity index is 341. The molecule has 0 spiro atoms. The molecular formula is C7H2F3KO2. The number of aromatic carboxylic acids is 1. The Labute approximate surface area is 114 Å². The molecule has 0 aromatic heterocycles. The second-order valence-electron chi connectivity index (χ2n) is 2.01. The minimum atomic E-state index is -2.08. The molecule has 0 unspecified atom stereocenters. The average Bonchev–Trinajstić information content (AvgIpc) is 1.97. The summed E-state index contributed by atoms with van der Waals surface area (Å²) in [6.07, 6.45) is 0. The third-order valence-electron chi connectivity index (χ3n) is 1.25. The molecule has 1 rings (SSSR count). The van der Waals surface area contributed by atoms with E-state index < -0.39 is 29.0 Å². The standard InChI is InChI=1S/C7H3F3O2.K/c8-3-1-2-4(9)6(10)5(3)7(11)12;/h1-2H,(H,11,12);/q;+1/p-1. The van der Waals surface area contributed by atoms with E-state index in [-0.39, 0.29) is 51.4 Å². The molecule has 64 valence electrons. The Balaban J connectivity index is 0.00000144. The summed E-state index contributed by atoms with van der Waals surface area (Å²) in [7, 11) is 0. The molecule has 1 aromatic rings. The SMILES string of the molecule is O=C([O-])c1c(F)ccc(F)c1F.[K+]. The molecule has 0 heterocycles. The number of carboxylic acids is 1. The third-order valence-corrected chi connectivity index (χ3v) is 1.25. The minimum absolute atomic E-state index is 0. The van der Waals surface area contributed by atoms with Crippen LogP contribution in [-0.2, 0) is 0 Å². The Hall–Kier alpha value is 0.116. The number of benzene rings is 1. The van der Waals surface area contributed by atoms with Crippen LogP contribution in [0.4, 0.5) is 13.2 Å². The van der Waals surface area contributed by atoms with E-state index in [2.05, 4.69) is 0 Å². The van der Waals surface area contributed by atoms with Crippen molar-refractivity contribution >= 4 is 5.97 Å². The van der Waals surface area contributed by atoms with Crippen LogP contribution < -0.4 is 56.5 Å². The van der Waals surface area contributed by atoms with E-state index in [1.165, 1.54) is 0 Å². The molecule has 0 radical (unpaired) electrons. The van der Waals surface area contributed by atoms with Gasteiger partial charge in [-0.1, -0.05) is 0 Å². The van der Waals surface area contributed by atoms with E-state index >= 15 is 0 Å². The smallest absolute Gasteiger partial charge is 0.545 e. The number of hydrogen-bond donors (Lipinski definition) is 0. The molecule has 0 saturated heterocycles. The fraction of sp³-hybridized carbons (Fsp3) is 0. The summed E-state index contributed by atoms with van der Waals surface area (Å²) in [5.41, 5.74) is -1.38. The molecule has 0 fully saturated rings. The van der Waals surface area contributed by atoms with Crippen molar-refractivity contribution in [1.82, 2.24) is 0 Å². The van der Waals surface area contributed by atoms with Gasteiger partial charge in [-0.15, -0.1) is 0 Å². The van der Waals surface area contributed by atoms with Crippen LogP contribution in [0.15, 0.2) is 12.1 Å². The maximum Gasteiger partial charge on any atom is 1.00 e. The number of hydrogen-bond acceptors (Lipinski definition) is 2. The fourth-order valence-corrected chi connectivity index (χ4v) is 0.714. The number of carbonyl (C=O) groups is 1. The quantitative estimate of drug-likeness (QED) is 0.382. The molecule has 0 aliphatic carbocycles. The normalized spacial score (nSPS) is 9.15. The summed E-state index contributed by atoms with van der Waals surface area (Å²) in [5, 5.41) is 10.0. The van der Waals surface area contributed by atoms with Gasteiger partial charge in [-0.2, -0.15) is 0 Å². The van der Waals surface area contributed by atoms with Gasteiger partial charge in [-0.25, -0.2) is 13.2 Å². The van der Waals surface area contributed by atoms with E-state index in [0.29, 0.717) is 12.1 Å². The van der Waals surface area contributed by atoms with Crippen LogP contribution in [0.2, 0.25) is 0 Å².